The maximum Gasteiger partial charge on any atom is 0.263 e. The summed E-state index contributed by atoms with van der Waals surface area (Å²) in [7, 11) is 0. The van der Waals surface area contributed by atoms with Crippen molar-refractivity contribution in [1.82, 2.24) is 9.55 Å². The van der Waals surface area contributed by atoms with Gasteiger partial charge in [-0.1, -0.05) is 54.9 Å². The Kier molecular flexibility index (Phi) is 4.62. The van der Waals surface area contributed by atoms with Crippen LogP contribution in [-0.2, 0) is 13.0 Å². The van der Waals surface area contributed by atoms with E-state index in [1.54, 1.807) is 10.9 Å². The summed E-state index contributed by atoms with van der Waals surface area (Å²) in [6, 6.07) is 15.9. The summed E-state index contributed by atoms with van der Waals surface area (Å²) in [5, 5.41) is 3.37. The summed E-state index contributed by atoms with van der Waals surface area (Å²) in [5.74, 6) is 0. The van der Waals surface area contributed by atoms with E-state index in [1.165, 1.54) is 16.9 Å². The van der Waals surface area contributed by atoms with Crippen molar-refractivity contribution in [3.8, 4) is 11.1 Å². The highest BCUT2D eigenvalue weighted by atomic mass is 35.5. The Bertz CT molecular complexity index is 1130. The SMILES string of the molecule is CCc1ccc(-c2csc3ncn(Cc4cccc(Cl)c4)c(=O)c23)cc1. The standard InChI is InChI=1S/C21H17ClN2OS/c1-2-14-6-8-16(9-7-14)18-12-26-20-19(18)21(25)24(13-23-20)11-15-4-3-5-17(22)10-15/h3-10,12-13H,2,11H2,1H3. The van der Waals surface area contributed by atoms with Crippen LogP contribution >= 0.6 is 22.9 Å². The van der Waals surface area contributed by atoms with Gasteiger partial charge in [-0.05, 0) is 35.2 Å². The second kappa shape index (κ2) is 7.06. The van der Waals surface area contributed by atoms with Crippen LogP contribution in [0.5, 0.6) is 0 Å². The van der Waals surface area contributed by atoms with Gasteiger partial charge in [0.2, 0.25) is 0 Å². The summed E-state index contributed by atoms with van der Waals surface area (Å²) in [6.45, 7) is 2.58. The molecule has 4 aromatic rings. The fourth-order valence-electron chi connectivity index (χ4n) is 3.04. The van der Waals surface area contributed by atoms with Crippen molar-refractivity contribution in [1.29, 1.82) is 0 Å². The number of nitrogens with zero attached hydrogens (tertiary/aromatic N) is 2. The van der Waals surface area contributed by atoms with Crippen molar-refractivity contribution in [3.63, 3.8) is 0 Å². The van der Waals surface area contributed by atoms with Crippen molar-refractivity contribution in [2.24, 2.45) is 0 Å². The molecule has 0 atom stereocenters. The molecule has 26 heavy (non-hydrogen) atoms. The Labute approximate surface area is 160 Å². The van der Waals surface area contributed by atoms with Crippen molar-refractivity contribution >= 4 is 33.2 Å². The maximum atomic E-state index is 13.1. The van der Waals surface area contributed by atoms with Gasteiger partial charge in [0.05, 0.1) is 18.3 Å². The molecule has 0 fully saturated rings. The fourth-order valence-corrected chi connectivity index (χ4v) is 4.16. The van der Waals surface area contributed by atoms with Gasteiger partial charge in [-0.3, -0.25) is 9.36 Å². The maximum absolute atomic E-state index is 13.1. The minimum absolute atomic E-state index is 0.0224. The largest absolute Gasteiger partial charge is 0.294 e. The summed E-state index contributed by atoms with van der Waals surface area (Å²) in [6.07, 6.45) is 2.62. The molecule has 5 heteroatoms. The molecule has 0 aliphatic carbocycles. The van der Waals surface area contributed by atoms with E-state index >= 15 is 0 Å². The van der Waals surface area contributed by atoms with Crippen LogP contribution in [0.1, 0.15) is 18.1 Å². The highest BCUT2D eigenvalue weighted by Crippen LogP contribution is 2.30. The highest BCUT2D eigenvalue weighted by Gasteiger charge is 2.13. The van der Waals surface area contributed by atoms with Crippen LogP contribution in [-0.4, -0.2) is 9.55 Å². The average molecular weight is 381 g/mol. The van der Waals surface area contributed by atoms with Crippen LogP contribution in [0.3, 0.4) is 0 Å². The van der Waals surface area contributed by atoms with Gasteiger partial charge in [0.25, 0.3) is 5.56 Å². The third kappa shape index (κ3) is 3.18. The Morgan fingerprint density at radius 3 is 2.65 bits per heavy atom. The van der Waals surface area contributed by atoms with Crippen LogP contribution < -0.4 is 5.56 Å². The van der Waals surface area contributed by atoms with Gasteiger partial charge in [-0.25, -0.2) is 4.98 Å². The molecule has 130 valence electrons. The predicted molar refractivity (Wildman–Crippen MR) is 109 cm³/mol. The van der Waals surface area contributed by atoms with E-state index in [9.17, 15) is 4.79 Å². The molecular formula is C21H17ClN2OS. The molecule has 0 aliphatic rings. The zero-order valence-corrected chi connectivity index (χ0v) is 15.8. The Hall–Kier alpha value is -2.43. The van der Waals surface area contributed by atoms with Crippen molar-refractivity contribution in [3.05, 3.63) is 86.7 Å². The number of benzene rings is 2. The van der Waals surface area contributed by atoms with Gasteiger partial charge in [0.15, 0.2) is 0 Å². The molecule has 0 spiro atoms. The van der Waals surface area contributed by atoms with E-state index in [4.69, 9.17) is 11.6 Å². The lowest BCUT2D eigenvalue weighted by atomic mass is 10.0. The summed E-state index contributed by atoms with van der Waals surface area (Å²) in [4.78, 5) is 18.4. The van der Waals surface area contributed by atoms with Crippen LogP contribution in [0.15, 0.2) is 65.0 Å². The van der Waals surface area contributed by atoms with Crippen LogP contribution in [0, 0.1) is 0 Å². The molecule has 0 saturated carbocycles. The molecule has 2 heterocycles. The number of halogens is 1. The first-order valence-electron chi connectivity index (χ1n) is 8.46. The first-order valence-corrected chi connectivity index (χ1v) is 9.72. The van der Waals surface area contributed by atoms with Gasteiger partial charge in [-0.2, -0.15) is 0 Å². The van der Waals surface area contributed by atoms with Crippen molar-refractivity contribution in [2.75, 3.05) is 0 Å². The van der Waals surface area contributed by atoms with E-state index in [0.717, 1.165) is 27.9 Å². The van der Waals surface area contributed by atoms with Crippen LogP contribution in [0.2, 0.25) is 5.02 Å². The number of rotatable bonds is 4. The second-order valence-corrected chi connectivity index (χ2v) is 7.48. The molecule has 4 rings (SSSR count). The molecular weight excluding hydrogens is 364 g/mol. The van der Waals surface area contributed by atoms with Gasteiger partial charge >= 0.3 is 0 Å². The zero-order valence-electron chi connectivity index (χ0n) is 14.3. The number of hydrogen-bond donors (Lipinski definition) is 0. The van der Waals surface area contributed by atoms with E-state index < -0.39 is 0 Å². The lowest BCUT2D eigenvalue weighted by molar-refractivity contribution is 0.749. The van der Waals surface area contributed by atoms with E-state index in [1.807, 2.05) is 29.6 Å². The number of fused-ring (bicyclic) bond motifs is 1. The quantitative estimate of drug-likeness (QED) is 0.475. The summed E-state index contributed by atoms with van der Waals surface area (Å²) >= 11 is 7.56. The van der Waals surface area contributed by atoms with Gasteiger partial charge in [-0.15, -0.1) is 11.3 Å². The number of aryl methyl sites for hydroxylation is 1. The molecule has 0 saturated heterocycles. The normalized spacial score (nSPS) is 11.2. The second-order valence-electron chi connectivity index (χ2n) is 6.19. The lowest BCUT2D eigenvalue weighted by Gasteiger charge is -2.07. The third-order valence-corrected chi connectivity index (χ3v) is 5.60. The first-order chi connectivity index (χ1) is 12.7. The average Bonchev–Trinajstić information content (AvgIpc) is 3.09. The zero-order chi connectivity index (χ0) is 18.1. The van der Waals surface area contributed by atoms with E-state index in [0.29, 0.717) is 17.0 Å². The van der Waals surface area contributed by atoms with Crippen LogP contribution in [0.25, 0.3) is 21.3 Å². The molecule has 2 aromatic heterocycles. The molecule has 0 amide bonds. The highest BCUT2D eigenvalue weighted by molar-refractivity contribution is 7.17. The predicted octanol–water partition coefficient (Wildman–Crippen LogP) is 5.39. The minimum Gasteiger partial charge on any atom is -0.294 e. The van der Waals surface area contributed by atoms with E-state index in [2.05, 4.69) is 36.2 Å². The molecule has 3 nitrogen and oxygen atoms in total. The summed E-state index contributed by atoms with van der Waals surface area (Å²) < 4.78 is 1.64. The molecule has 0 aliphatic heterocycles. The van der Waals surface area contributed by atoms with Crippen molar-refractivity contribution < 1.29 is 0 Å². The molecule has 2 aromatic carbocycles. The monoisotopic (exact) mass is 380 g/mol. The van der Waals surface area contributed by atoms with Gasteiger partial charge in [0, 0.05) is 16.0 Å². The van der Waals surface area contributed by atoms with Crippen LogP contribution in [0.4, 0.5) is 0 Å². The third-order valence-electron chi connectivity index (χ3n) is 4.48. The smallest absolute Gasteiger partial charge is 0.263 e. The molecule has 0 N–H and O–H groups in total. The Morgan fingerprint density at radius 1 is 1.12 bits per heavy atom. The lowest BCUT2D eigenvalue weighted by Crippen LogP contribution is -2.20. The molecule has 0 radical (unpaired) electrons. The number of aromatic nitrogens is 2. The first kappa shape index (κ1) is 17.0. The fraction of sp³-hybridized carbons (Fsp3) is 0.143. The van der Waals surface area contributed by atoms with Gasteiger partial charge in [0.1, 0.15) is 4.83 Å². The number of thiophene rings is 1. The van der Waals surface area contributed by atoms with E-state index in [-0.39, 0.29) is 5.56 Å². The number of hydrogen-bond acceptors (Lipinski definition) is 3. The minimum atomic E-state index is -0.0224. The molecule has 0 bridgehead atoms. The Balaban J connectivity index is 1.80. The van der Waals surface area contributed by atoms with Gasteiger partial charge < -0.3 is 0 Å². The summed E-state index contributed by atoms with van der Waals surface area (Å²) in [5.41, 5.74) is 4.24. The Morgan fingerprint density at radius 2 is 1.92 bits per heavy atom. The molecule has 0 unspecified atom stereocenters. The van der Waals surface area contributed by atoms with Crippen molar-refractivity contribution in [2.45, 2.75) is 19.9 Å². The topological polar surface area (TPSA) is 34.9 Å².